The van der Waals surface area contributed by atoms with E-state index >= 15 is 0 Å². The van der Waals surface area contributed by atoms with E-state index in [4.69, 9.17) is 4.74 Å². The van der Waals surface area contributed by atoms with Crippen molar-refractivity contribution < 1.29 is 9.53 Å². The standard InChI is InChI=1S/C15H21N3O2/c1-17(2)10-12-4-3-11-9-16-18(14(11)15(12)19)13-5-7-20-8-6-13/h9-10,13H,3-8H2,1-2H3/b12-10-. The Morgan fingerprint density at radius 1 is 1.35 bits per heavy atom. The number of nitrogens with zero attached hydrogens (tertiary/aromatic N) is 3. The first-order chi connectivity index (χ1) is 9.66. The molecule has 2 aliphatic rings. The fraction of sp³-hybridized carbons (Fsp3) is 0.600. The van der Waals surface area contributed by atoms with Crippen molar-refractivity contribution in [3.8, 4) is 0 Å². The number of ether oxygens (including phenoxy) is 1. The van der Waals surface area contributed by atoms with E-state index in [1.807, 2.05) is 36.1 Å². The number of fused-ring (bicyclic) bond motifs is 1. The van der Waals surface area contributed by atoms with Gasteiger partial charge in [0.05, 0.1) is 12.2 Å². The molecule has 0 atom stereocenters. The zero-order chi connectivity index (χ0) is 14.1. The van der Waals surface area contributed by atoms with Crippen LogP contribution >= 0.6 is 0 Å². The molecule has 0 radical (unpaired) electrons. The largest absolute Gasteiger partial charge is 0.383 e. The zero-order valence-corrected chi connectivity index (χ0v) is 12.1. The van der Waals surface area contributed by atoms with Gasteiger partial charge in [-0.1, -0.05) is 0 Å². The summed E-state index contributed by atoms with van der Waals surface area (Å²) in [5.74, 6) is 0.143. The van der Waals surface area contributed by atoms with E-state index in [2.05, 4.69) is 5.10 Å². The molecule has 2 heterocycles. The number of aryl methyl sites for hydroxylation is 1. The Morgan fingerprint density at radius 3 is 2.80 bits per heavy atom. The van der Waals surface area contributed by atoms with E-state index in [1.54, 1.807) is 0 Å². The maximum absolute atomic E-state index is 12.7. The number of hydrogen-bond donors (Lipinski definition) is 0. The summed E-state index contributed by atoms with van der Waals surface area (Å²) in [6.07, 6.45) is 7.40. The normalized spacial score (nSPS) is 22.1. The topological polar surface area (TPSA) is 47.4 Å². The fourth-order valence-electron chi connectivity index (χ4n) is 3.01. The molecule has 1 aromatic rings. The van der Waals surface area contributed by atoms with Gasteiger partial charge in [0, 0.05) is 44.6 Å². The third kappa shape index (κ3) is 2.38. The highest BCUT2D eigenvalue weighted by molar-refractivity contribution is 6.09. The lowest BCUT2D eigenvalue weighted by Crippen LogP contribution is -2.26. The summed E-state index contributed by atoms with van der Waals surface area (Å²) >= 11 is 0. The summed E-state index contributed by atoms with van der Waals surface area (Å²) in [5.41, 5.74) is 2.78. The summed E-state index contributed by atoms with van der Waals surface area (Å²) in [5, 5.41) is 4.48. The third-order valence-electron chi connectivity index (χ3n) is 3.99. The van der Waals surface area contributed by atoms with Crippen LogP contribution in [0.25, 0.3) is 0 Å². The second-order valence-corrected chi connectivity index (χ2v) is 5.75. The molecule has 0 aromatic carbocycles. The monoisotopic (exact) mass is 275 g/mol. The molecule has 0 saturated carbocycles. The van der Waals surface area contributed by atoms with Crippen LogP contribution in [0.2, 0.25) is 0 Å². The van der Waals surface area contributed by atoms with Crippen LogP contribution in [0.3, 0.4) is 0 Å². The van der Waals surface area contributed by atoms with Gasteiger partial charge in [-0.25, -0.2) is 0 Å². The van der Waals surface area contributed by atoms with E-state index in [0.29, 0.717) is 6.04 Å². The lowest BCUT2D eigenvalue weighted by molar-refractivity contribution is 0.0646. The van der Waals surface area contributed by atoms with Crippen molar-refractivity contribution in [3.63, 3.8) is 0 Å². The first-order valence-electron chi connectivity index (χ1n) is 7.23. The van der Waals surface area contributed by atoms with Crippen molar-refractivity contribution in [1.29, 1.82) is 0 Å². The zero-order valence-electron chi connectivity index (χ0n) is 12.1. The second kappa shape index (κ2) is 5.40. The Hall–Kier alpha value is -1.62. The van der Waals surface area contributed by atoms with Gasteiger partial charge in [-0.2, -0.15) is 5.10 Å². The predicted octanol–water partition coefficient (Wildman–Crippen LogP) is 1.81. The minimum absolute atomic E-state index is 0.143. The van der Waals surface area contributed by atoms with Gasteiger partial charge in [-0.3, -0.25) is 9.48 Å². The first kappa shape index (κ1) is 13.4. The van der Waals surface area contributed by atoms with Crippen molar-refractivity contribution >= 4 is 5.78 Å². The predicted molar refractivity (Wildman–Crippen MR) is 75.7 cm³/mol. The highest BCUT2D eigenvalue weighted by Gasteiger charge is 2.30. The molecule has 0 unspecified atom stereocenters. The van der Waals surface area contributed by atoms with E-state index in [-0.39, 0.29) is 5.78 Å². The molecule has 108 valence electrons. The van der Waals surface area contributed by atoms with Gasteiger partial charge in [-0.15, -0.1) is 0 Å². The van der Waals surface area contributed by atoms with Crippen LogP contribution in [0.1, 0.15) is 41.4 Å². The average Bonchev–Trinajstić information content (AvgIpc) is 2.87. The number of allylic oxidation sites excluding steroid dienone is 1. The molecule has 1 saturated heterocycles. The van der Waals surface area contributed by atoms with Crippen LogP contribution in [-0.2, 0) is 11.2 Å². The number of aromatic nitrogens is 2. The molecule has 3 rings (SSSR count). The minimum atomic E-state index is 0.143. The Balaban J connectivity index is 1.94. The Kier molecular flexibility index (Phi) is 3.61. The van der Waals surface area contributed by atoms with Crippen LogP contribution in [0, 0.1) is 0 Å². The highest BCUT2D eigenvalue weighted by Crippen LogP contribution is 2.30. The molecule has 0 spiro atoms. The molecular formula is C15H21N3O2. The van der Waals surface area contributed by atoms with Gasteiger partial charge < -0.3 is 9.64 Å². The van der Waals surface area contributed by atoms with Crippen LogP contribution in [-0.4, -0.2) is 47.8 Å². The van der Waals surface area contributed by atoms with Gasteiger partial charge >= 0.3 is 0 Å². The van der Waals surface area contributed by atoms with E-state index in [0.717, 1.165) is 55.7 Å². The Bertz CT molecular complexity index is 539. The number of Topliss-reactive ketones (excluding diaryl/α,β-unsaturated/α-hetero) is 1. The smallest absolute Gasteiger partial charge is 0.208 e. The van der Waals surface area contributed by atoms with Crippen molar-refractivity contribution in [1.82, 2.24) is 14.7 Å². The summed E-state index contributed by atoms with van der Waals surface area (Å²) < 4.78 is 7.35. The molecule has 1 aliphatic carbocycles. The van der Waals surface area contributed by atoms with Gasteiger partial charge in [0.1, 0.15) is 5.69 Å². The molecule has 5 heteroatoms. The molecule has 1 aliphatic heterocycles. The summed E-state index contributed by atoms with van der Waals surface area (Å²) in [7, 11) is 3.90. The summed E-state index contributed by atoms with van der Waals surface area (Å²) in [6, 6.07) is 0.301. The Morgan fingerprint density at radius 2 is 2.10 bits per heavy atom. The van der Waals surface area contributed by atoms with Crippen LogP contribution in [0.4, 0.5) is 0 Å². The summed E-state index contributed by atoms with van der Waals surface area (Å²) in [4.78, 5) is 14.6. The van der Waals surface area contributed by atoms with E-state index < -0.39 is 0 Å². The van der Waals surface area contributed by atoms with Crippen molar-refractivity contribution in [2.75, 3.05) is 27.3 Å². The number of rotatable bonds is 2. The van der Waals surface area contributed by atoms with Crippen LogP contribution < -0.4 is 0 Å². The molecule has 0 amide bonds. The molecular weight excluding hydrogens is 254 g/mol. The van der Waals surface area contributed by atoms with E-state index in [1.165, 1.54) is 0 Å². The van der Waals surface area contributed by atoms with E-state index in [9.17, 15) is 4.79 Å². The van der Waals surface area contributed by atoms with Crippen molar-refractivity contribution in [2.45, 2.75) is 31.7 Å². The minimum Gasteiger partial charge on any atom is -0.383 e. The van der Waals surface area contributed by atoms with Crippen molar-refractivity contribution in [3.05, 3.63) is 29.2 Å². The van der Waals surface area contributed by atoms with Gasteiger partial charge in [0.2, 0.25) is 5.78 Å². The van der Waals surface area contributed by atoms with Crippen molar-refractivity contribution in [2.24, 2.45) is 0 Å². The van der Waals surface area contributed by atoms with Gasteiger partial charge in [-0.05, 0) is 25.7 Å². The SMILES string of the molecule is CN(C)/C=C1/CCc2cnn(C3CCOCC3)c2C1=O. The molecule has 5 nitrogen and oxygen atoms in total. The molecule has 0 bridgehead atoms. The summed E-state index contributed by atoms with van der Waals surface area (Å²) in [6.45, 7) is 1.52. The van der Waals surface area contributed by atoms with Crippen LogP contribution in [0.5, 0.6) is 0 Å². The fourth-order valence-corrected chi connectivity index (χ4v) is 3.01. The molecule has 1 fully saturated rings. The number of carbonyl (C=O) groups excluding carboxylic acids is 1. The maximum Gasteiger partial charge on any atom is 0.208 e. The highest BCUT2D eigenvalue weighted by atomic mass is 16.5. The molecule has 20 heavy (non-hydrogen) atoms. The average molecular weight is 275 g/mol. The second-order valence-electron chi connectivity index (χ2n) is 5.75. The lowest BCUT2D eigenvalue weighted by atomic mass is 9.92. The van der Waals surface area contributed by atoms with Gasteiger partial charge in [0.25, 0.3) is 0 Å². The number of ketones is 1. The first-order valence-corrected chi connectivity index (χ1v) is 7.23. The molecule has 0 N–H and O–H groups in total. The number of hydrogen-bond acceptors (Lipinski definition) is 4. The quantitative estimate of drug-likeness (QED) is 0.772. The van der Waals surface area contributed by atoms with Gasteiger partial charge in [0.15, 0.2) is 0 Å². The Labute approximate surface area is 119 Å². The number of carbonyl (C=O) groups is 1. The van der Waals surface area contributed by atoms with Crippen LogP contribution in [0.15, 0.2) is 18.0 Å². The third-order valence-corrected chi connectivity index (χ3v) is 3.99. The lowest BCUT2D eigenvalue weighted by Gasteiger charge is -2.25. The molecule has 1 aromatic heterocycles. The maximum atomic E-state index is 12.7.